The minimum Gasteiger partial charge on any atom is -0.295 e. The smallest absolute Gasteiger partial charge is 0.259 e. The van der Waals surface area contributed by atoms with E-state index in [1.54, 1.807) is 21.8 Å². The molecule has 0 aliphatic heterocycles. The lowest BCUT2D eigenvalue weighted by molar-refractivity contribution is 0.317. The predicted molar refractivity (Wildman–Crippen MR) is 88.3 cm³/mol. The van der Waals surface area contributed by atoms with Gasteiger partial charge in [0.2, 0.25) is 0 Å². The number of thiazole rings is 1. The van der Waals surface area contributed by atoms with Gasteiger partial charge < -0.3 is 0 Å². The Labute approximate surface area is 131 Å². The Balaban J connectivity index is 1.81. The van der Waals surface area contributed by atoms with Crippen LogP contribution in [0.2, 0.25) is 0 Å². The van der Waals surface area contributed by atoms with E-state index in [1.165, 1.54) is 21.8 Å². The highest BCUT2D eigenvalue weighted by atomic mass is 32.1. The SMILES string of the molecule is Cc1ccsc1CN(C)Cc1cc(=O)n2c(C)csc2n1. The summed E-state index contributed by atoms with van der Waals surface area (Å²) in [4.78, 5) is 21.1. The third kappa shape index (κ3) is 2.92. The molecule has 0 saturated heterocycles. The zero-order chi connectivity index (χ0) is 15.0. The molecule has 0 spiro atoms. The molecule has 3 aromatic heterocycles. The first-order chi connectivity index (χ1) is 10.0. The van der Waals surface area contributed by atoms with Gasteiger partial charge in [0.15, 0.2) is 4.96 Å². The number of fused-ring (bicyclic) bond motifs is 1. The zero-order valence-corrected chi connectivity index (χ0v) is 13.9. The molecule has 3 aromatic rings. The van der Waals surface area contributed by atoms with Gasteiger partial charge in [-0.15, -0.1) is 22.7 Å². The maximum atomic E-state index is 12.1. The van der Waals surface area contributed by atoms with Gasteiger partial charge in [-0.05, 0) is 37.9 Å². The molecule has 3 rings (SSSR count). The molecule has 4 nitrogen and oxygen atoms in total. The van der Waals surface area contributed by atoms with E-state index in [2.05, 4.69) is 35.3 Å². The van der Waals surface area contributed by atoms with Crippen LogP contribution >= 0.6 is 22.7 Å². The van der Waals surface area contributed by atoms with E-state index >= 15 is 0 Å². The van der Waals surface area contributed by atoms with Crippen LogP contribution < -0.4 is 5.56 Å². The standard InChI is InChI=1S/C15H17N3OS2/c1-10-4-5-20-13(10)8-17(3)7-12-6-14(19)18-11(2)9-21-15(18)16-12/h4-6,9H,7-8H2,1-3H3. The monoisotopic (exact) mass is 319 g/mol. The van der Waals surface area contributed by atoms with Crippen molar-refractivity contribution < 1.29 is 0 Å². The minimum atomic E-state index is 0.00875. The van der Waals surface area contributed by atoms with Crippen molar-refractivity contribution >= 4 is 27.6 Å². The number of nitrogens with zero attached hydrogens (tertiary/aromatic N) is 3. The molecule has 0 unspecified atom stereocenters. The summed E-state index contributed by atoms with van der Waals surface area (Å²) < 4.78 is 1.66. The molecule has 0 saturated carbocycles. The second-order valence-electron chi connectivity index (χ2n) is 5.28. The molecule has 0 N–H and O–H groups in total. The fourth-order valence-corrected chi connectivity index (χ4v) is 4.20. The second kappa shape index (κ2) is 5.71. The number of aryl methyl sites for hydroxylation is 2. The van der Waals surface area contributed by atoms with Gasteiger partial charge in [0.1, 0.15) is 0 Å². The number of hydrogen-bond donors (Lipinski definition) is 0. The van der Waals surface area contributed by atoms with Crippen LogP contribution in [0, 0.1) is 13.8 Å². The van der Waals surface area contributed by atoms with E-state index in [0.29, 0.717) is 6.54 Å². The summed E-state index contributed by atoms with van der Waals surface area (Å²) in [6, 6.07) is 3.78. The average Bonchev–Trinajstić information content (AvgIpc) is 2.97. The summed E-state index contributed by atoms with van der Waals surface area (Å²) in [6.45, 7) is 5.62. The fraction of sp³-hybridized carbons (Fsp3) is 0.333. The first-order valence-corrected chi connectivity index (χ1v) is 8.49. The largest absolute Gasteiger partial charge is 0.295 e. The molecular formula is C15H17N3OS2. The summed E-state index contributed by atoms with van der Waals surface area (Å²) in [7, 11) is 2.06. The topological polar surface area (TPSA) is 37.6 Å². The van der Waals surface area contributed by atoms with Gasteiger partial charge in [0.25, 0.3) is 5.56 Å². The Morgan fingerprint density at radius 1 is 1.29 bits per heavy atom. The fourth-order valence-electron chi connectivity index (χ4n) is 2.33. The van der Waals surface area contributed by atoms with Crippen molar-refractivity contribution in [2.45, 2.75) is 26.9 Å². The second-order valence-corrected chi connectivity index (χ2v) is 7.12. The summed E-state index contributed by atoms with van der Waals surface area (Å²) >= 11 is 3.28. The quantitative estimate of drug-likeness (QED) is 0.742. The highest BCUT2D eigenvalue weighted by molar-refractivity contribution is 7.15. The highest BCUT2D eigenvalue weighted by Gasteiger charge is 2.10. The van der Waals surface area contributed by atoms with Crippen LogP contribution in [0.25, 0.3) is 4.96 Å². The number of rotatable bonds is 4. The molecule has 0 radical (unpaired) electrons. The van der Waals surface area contributed by atoms with Gasteiger partial charge in [-0.3, -0.25) is 14.1 Å². The molecule has 110 valence electrons. The van der Waals surface area contributed by atoms with E-state index in [1.807, 2.05) is 12.3 Å². The van der Waals surface area contributed by atoms with Crippen LogP contribution in [0.4, 0.5) is 0 Å². The maximum absolute atomic E-state index is 12.1. The molecule has 0 aliphatic rings. The van der Waals surface area contributed by atoms with Crippen molar-refractivity contribution in [3.05, 3.63) is 55.1 Å². The van der Waals surface area contributed by atoms with Gasteiger partial charge in [-0.25, -0.2) is 4.98 Å². The third-order valence-corrected chi connectivity index (χ3v) is 5.39. The van der Waals surface area contributed by atoms with Crippen molar-refractivity contribution in [2.75, 3.05) is 7.05 Å². The lowest BCUT2D eigenvalue weighted by Crippen LogP contribution is -2.21. The number of hydrogen-bond acceptors (Lipinski definition) is 5. The lowest BCUT2D eigenvalue weighted by Gasteiger charge is -2.15. The number of thiophene rings is 1. The van der Waals surface area contributed by atoms with Gasteiger partial charge in [-0.1, -0.05) is 0 Å². The van der Waals surface area contributed by atoms with Gasteiger partial charge >= 0.3 is 0 Å². The number of aromatic nitrogens is 2. The molecule has 0 amide bonds. The Morgan fingerprint density at radius 2 is 2.10 bits per heavy atom. The third-order valence-electron chi connectivity index (χ3n) is 3.44. The van der Waals surface area contributed by atoms with E-state index in [4.69, 9.17) is 0 Å². The zero-order valence-electron chi connectivity index (χ0n) is 12.3. The lowest BCUT2D eigenvalue weighted by atomic mass is 10.3. The van der Waals surface area contributed by atoms with Crippen molar-refractivity contribution in [3.8, 4) is 0 Å². The van der Waals surface area contributed by atoms with Crippen LogP contribution in [0.3, 0.4) is 0 Å². The van der Waals surface area contributed by atoms with E-state index in [-0.39, 0.29) is 5.56 Å². The summed E-state index contributed by atoms with van der Waals surface area (Å²) in [5.41, 5.74) is 3.11. The van der Waals surface area contributed by atoms with Crippen molar-refractivity contribution in [2.24, 2.45) is 0 Å². The van der Waals surface area contributed by atoms with E-state index in [0.717, 1.165) is 22.9 Å². The van der Waals surface area contributed by atoms with E-state index < -0.39 is 0 Å². The Kier molecular flexibility index (Phi) is 3.93. The minimum absolute atomic E-state index is 0.00875. The molecular weight excluding hydrogens is 302 g/mol. The normalized spacial score (nSPS) is 11.6. The Bertz CT molecular complexity index is 831. The van der Waals surface area contributed by atoms with Crippen molar-refractivity contribution in [1.82, 2.24) is 14.3 Å². The molecule has 0 atom stereocenters. The van der Waals surface area contributed by atoms with Crippen molar-refractivity contribution in [3.63, 3.8) is 0 Å². The van der Waals surface area contributed by atoms with E-state index in [9.17, 15) is 4.79 Å². The predicted octanol–water partition coefficient (Wildman–Crippen LogP) is 3.07. The Morgan fingerprint density at radius 3 is 2.81 bits per heavy atom. The molecule has 0 aliphatic carbocycles. The van der Waals surface area contributed by atoms with Gasteiger partial charge in [0.05, 0.1) is 5.69 Å². The summed E-state index contributed by atoms with van der Waals surface area (Å²) in [5.74, 6) is 0. The van der Waals surface area contributed by atoms with Gasteiger partial charge in [0, 0.05) is 35.1 Å². The molecule has 6 heteroatoms. The van der Waals surface area contributed by atoms with Crippen LogP contribution in [-0.2, 0) is 13.1 Å². The van der Waals surface area contributed by atoms with Gasteiger partial charge in [-0.2, -0.15) is 0 Å². The first kappa shape index (κ1) is 14.4. The molecule has 3 heterocycles. The van der Waals surface area contributed by atoms with Crippen LogP contribution in [0.5, 0.6) is 0 Å². The molecule has 0 aromatic carbocycles. The first-order valence-electron chi connectivity index (χ1n) is 6.73. The average molecular weight is 319 g/mol. The Hall–Kier alpha value is -1.50. The highest BCUT2D eigenvalue weighted by Crippen LogP contribution is 2.18. The maximum Gasteiger partial charge on any atom is 0.259 e. The van der Waals surface area contributed by atoms with Crippen LogP contribution in [0.15, 0.2) is 27.7 Å². The van der Waals surface area contributed by atoms with Crippen LogP contribution in [-0.4, -0.2) is 21.3 Å². The van der Waals surface area contributed by atoms with Crippen molar-refractivity contribution in [1.29, 1.82) is 0 Å². The summed E-state index contributed by atoms with van der Waals surface area (Å²) in [6.07, 6.45) is 0. The molecule has 0 fully saturated rings. The molecule has 21 heavy (non-hydrogen) atoms. The summed E-state index contributed by atoms with van der Waals surface area (Å²) in [5, 5.41) is 4.08. The van der Waals surface area contributed by atoms with Crippen LogP contribution in [0.1, 0.15) is 21.8 Å². The molecule has 0 bridgehead atoms.